The van der Waals surface area contributed by atoms with Gasteiger partial charge >= 0.3 is 0 Å². The number of pyridine rings is 1. The van der Waals surface area contributed by atoms with Crippen LogP contribution in [0.4, 0.5) is 5.69 Å². The molecule has 7 heteroatoms. The van der Waals surface area contributed by atoms with Crippen molar-refractivity contribution in [3.05, 3.63) is 89.9 Å². The molecule has 1 N–H and O–H groups in total. The van der Waals surface area contributed by atoms with Crippen molar-refractivity contribution in [2.45, 2.75) is 13.0 Å². The summed E-state index contributed by atoms with van der Waals surface area (Å²) in [6, 6.07) is 17.7. The van der Waals surface area contributed by atoms with E-state index in [0.717, 1.165) is 28.6 Å². The molecule has 1 saturated heterocycles. The molecule has 1 fully saturated rings. The Morgan fingerprint density at radius 1 is 1.17 bits per heavy atom. The number of rotatable bonds is 7. The highest BCUT2D eigenvalue weighted by Crippen LogP contribution is 2.27. The summed E-state index contributed by atoms with van der Waals surface area (Å²) in [5.74, 6) is 0.889. The molecule has 4 aromatic rings. The lowest BCUT2D eigenvalue weighted by atomic mass is 9.98. The Labute approximate surface area is 204 Å². The number of ether oxygens (including phenoxy) is 2. The van der Waals surface area contributed by atoms with Gasteiger partial charge in [0.2, 0.25) is 0 Å². The van der Waals surface area contributed by atoms with Crippen molar-refractivity contribution in [1.29, 1.82) is 0 Å². The summed E-state index contributed by atoms with van der Waals surface area (Å²) < 4.78 is 16.9. The number of aromatic nitrogens is 1. The van der Waals surface area contributed by atoms with Gasteiger partial charge in [-0.25, -0.2) is 0 Å². The fourth-order valence-electron chi connectivity index (χ4n) is 4.51. The second-order valence-electron chi connectivity index (χ2n) is 8.82. The van der Waals surface area contributed by atoms with Crippen molar-refractivity contribution in [1.82, 2.24) is 9.88 Å². The van der Waals surface area contributed by atoms with Gasteiger partial charge in [-0.3, -0.25) is 9.78 Å². The second kappa shape index (κ2) is 10.6. The van der Waals surface area contributed by atoms with Gasteiger partial charge in [0, 0.05) is 48.9 Å². The quantitative estimate of drug-likeness (QED) is 0.418. The van der Waals surface area contributed by atoms with Gasteiger partial charge < -0.3 is 24.1 Å². The number of anilines is 1. The summed E-state index contributed by atoms with van der Waals surface area (Å²) >= 11 is 0. The van der Waals surface area contributed by atoms with Crippen molar-refractivity contribution in [2.24, 2.45) is 5.92 Å². The molecular weight excluding hydrogens is 442 g/mol. The fraction of sp³-hybridized carbons (Fsp3) is 0.286. The Balaban J connectivity index is 1.29. The second-order valence-corrected chi connectivity index (χ2v) is 8.82. The maximum absolute atomic E-state index is 13.5. The maximum Gasteiger partial charge on any atom is 0.254 e. The first-order valence-corrected chi connectivity index (χ1v) is 11.8. The Bertz CT molecular complexity index is 1290. The van der Waals surface area contributed by atoms with Gasteiger partial charge in [0.1, 0.15) is 11.3 Å². The van der Waals surface area contributed by atoms with Crippen molar-refractivity contribution >= 4 is 22.6 Å². The van der Waals surface area contributed by atoms with Crippen LogP contribution in [0.5, 0.6) is 5.75 Å². The highest BCUT2D eigenvalue weighted by Gasteiger charge is 2.24. The van der Waals surface area contributed by atoms with Crippen LogP contribution >= 0.6 is 0 Å². The number of hydrogen-bond donors (Lipinski definition) is 1. The topological polar surface area (TPSA) is 76.8 Å². The lowest BCUT2D eigenvalue weighted by Crippen LogP contribution is -2.36. The molecule has 35 heavy (non-hydrogen) atoms. The lowest BCUT2D eigenvalue weighted by molar-refractivity contribution is 0.0737. The van der Waals surface area contributed by atoms with E-state index in [1.54, 1.807) is 19.6 Å². The third-order valence-corrected chi connectivity index (χ3v) is 6.32. The van der Waals surface area contributed by atoms with Crippen molar-refractivity contribution in [3.63, 3.8) is 0 Å². The predicted octanol–water partition coefficient (Wildman–Crippen LogP) is 4.78. The number of nitrogens with zero attached hydrogens (tertiary/aromatic N) is 2. The minimum atomic E-state index is -0.00549. The molecule has 2 aromatic carbocycles. The molecule has 180 valence electrons. The average Bonchev–Trinajstić information content (AvgIpc) is 3.24. The van der Waals surface area contributed by atoms with Crippen LogP contribution in [-0.2, 0) is 17.7 Å². The molecule has 0 bridgehead atoms. The Morgan fingerprint density at radius 3 is 2.97 bits per heavy atom. The number of hydrogen-bond acceptors (Lipinski definition) is 6. The maximum atomic E-state index is 13.5. The molecule has 0 radical (unpaired) electrons. The highest BCUT2D eigenvalue weighted by atomic mass is 16.5. The summed E-state index contributed by atoms with van der Waals surface area (Å²) in [6.45, 7) is 2.94. The molecule has 1 aliphatic heterocycles. The van der Waals surface area contributed by atoms with Crippen LogP contribution in [0, 0.1) is 5.92 Å². The van der Waals surface area contributed by atoms with Crippen LogP contribution in [0.15, 0.2) is 77.7 Å². The number of benzene rings is 2. The van der Waals surface area contributed by atoms with E-state index in [0.29, 0.717) is 44.2 Å². The molecule has 7 nitrogen and oxygen atoms in total. The third-order valence-electron chi connectivity index (χ3n) is 6.32. The van der Waals surface area contributed by atoms with E-state index in [1.807, 2.05) is 47.5 Å². The number of carbonyl (C=O) groups is 1. The van der Waals surface area contributed by atoms with Gasteiger partial charge in [0.05, 0.1) is 32.3 Å². The van der Waals surface area contributed by atoms with Crippen molar-refractivity contribution < 1.29 is 18.7 Å². The molecule has 1 aliphatic rings. The van der Waals surface area contributed by atoms with Crippen LogP contribution < -0.4 is 10.1 Å². The summed E-state index contributed by atoms with van der Waals surface area (Å²) in [4.78, 5) is 19.5. The molecule has 5 rings (SSSR count). The zero-order chi connectivity index (χ0) is 24.0. The van der Waals surface area contributed by atoms with E-state index in [1.165, 1.54) is 5.56 Å². The van der Waals surface area contributed by atoms with Crippen LogP contribution in [0.25, 0.3) is 11.0 Å². The van der Waals surface area contributed by atoms with Crippen molar-refractivity contribution in [2.75, 3.05) is 38.7 Å². The first kappa shape index (κ1) is 22.9. The normalized spacial score (nSPS) is 16.1. The van der Waals surface area contributed by atoms with Gasteiger partial charge in [-0.05, 0) is 53.9 Å². The van der Waals surface area contributed by atoms with E-state index in [9.17, 15) is 4.79 Å². The third kappa shape index (κ3) is 5.46. The van der Waals surface area contributed by atoms with Gasteiger partial charge in [0.25, 0.3) is 5.91 Å². The average molecular weight is 472 g/mol. The van der Waals surface area contributed by atoms with Crippen LogP contribution in [0.1, 0.15) is 21.5 Å². The van der Waals surface area contributed by atoms with Gasteiger partial charge in [-0.2, -0.15) is 0 Å². The number of methoxy groups -OCH3 is 1. The number of fused-ring (bicyclic) bond motifs is 1. The van der Waals surface area contributed by atoms with E-state index >= 15 is 0 Å². The minimum absolute atomic E-state index is 0.00549. The summed E-state index contributed by atoms with van der Waals surface area (Å²) in [7, 11) is 1.63. The standard InChI is InChI=1S/C28H29N3O4/c1-33-26-7-6-24(15-25(26)30-17-21-3-2-9-29-16-21)28(32)31-10-12-34-19-22(18-31)13-20-4-5-23-8-11-35-27(23)14-20/h2-9,11,14-16,22,30H,10,12-13,17-19H2,1H3/t22-/m0/s1. The first-order valence-electron chi connectivity index (χ1n) is 11.8. The van der Waals surface area contributed by atoms with Crippen LogP contribution in [-0.4, -0.2) is 49.2 Å². The molecule has 2 aromatic heterocycles. The Hall–Kier alpha value is -3.84. The van der Waals surface area contributed by atoms with Crippen LogP contribution in [0.2, 0.25) is 0 Å². The fourth-order valence-corrected chi connectivity index (χ4v) is 4.51. The summed E-state index contributed by atoms with van der Waals surface area (Å²) in [5.41, 5.74) is 4.51. The van der Waals surface area contributed by atoms with Crippen LogP contribution in [0.3, 0.4) is 0 Å². The largest absolute Gasteiger partial charge is 0.495 e. The smallest absolute Gasteiger partial charge is 0.254 e. The Morgan fingerprint density at radius 2 is 2.11 bits per heavy atom. The zero-order valence-corrected chi connectivity index (χ0v) is 19.8. The number of carbonyl (C=O) groups excluding carboxylic acids is 1. The van der Waals surface area contributed by atoms with E-state index in [-0.39, 0.29) is 11.8 Å². The number of nitrogens with one attached hydrogen (secondary N) is 1. The molecule has 0 spiro atoms. The molecule has 1 amide bonds. The SMILES string of the molecule is COc1ccc(C(=O)N2CCOC[C@@H](Cc3ccc4ccoc4c3)C2)cc1NCc1cccnc1. The van der Waals surface area contributed by atoms with E-state index < -0.39 is 0 Å². The Kier molecular flexibility index (Phi) is 6.95. The molecule has 0 unspecified atom stereocenters. The first-order chi connectivity index (χ1) is 17.2. The van der Waals surface area contributed by atoms with Gasteiger partial charge in [-0.15, -0.1) is 0 Å². The predicted molar refractivity (Wildman–Crippen MR) is 135 cm³/mol. The van der Waals surface area contributed by atoms with Gasteiger partial charge in [-0.1, -0.05) is 18.2 Å². The number of furan rings is 1. The molecule has 1 atom stereocenters. The lowest BCUT2D eigenvalue weighted by Gasteiger charge is -2.24. The molecule has 3 heterocycles. The zero-order valence-electron chi connectivity index (χ0n) is 19.8. The molecule has 0 saturated carbocycles. The summed E-state index contributed by atoms with van der Waals surface area (Å²) in [5, 5.41) is 4.47. The van der Waals surface area contributed by atoms with E-state index in [4.69, 9.17) is 13.9 Å². The van der Waals surface area contributed by atoms with Crippen molar-refractivity contribution in [3.8, 4) is 5.75 Å². The minimum Gasteiger partial charge on any atom is -0.495 e. The summed E-state index contributed by atoms with van der Waals surface area (Å²) in [6.07, 6.45) is 6.09. The molecule has 0 aliphatic carbocycles. The monoisotopic (exact) mass is 471 g/mol. The van der Waals surface area contributed by atoms with E-state index in [2.05, 4.69) is 28.5 Å². The highest BCUT2D eigenvalue weighted by molar-refractivity contribution is 5.95. The van der Waals surface area contributed by atoms with Gasteiger partial charge in [0.15, 0.2) is 0 Å². The number of amides is 1. The molecular formula is C28H29N3O4.